The van der Waals surface area contributed by atoms with Crippen molar-refractivity contribution in [3.05, 3.63) is 51.2 Å². The van der Waals surface area contributed by atoms with Crippen molar-refractivity contribution in [1.82, 2.24) is 5.43 Å². The molecule has 0 bridgehead atoms. The summed E-state index contributed by atoms with van der Waals surface area (Å²) in [5.41, 5.74) is 2.14. The third-order valence-electron chi connectivity index (χ3n) is 3.20. The van der Waals surface area contributed by atoms with E-state index in [0.29, 0.717) is 5.56 Å². The maximum atomic E-state index is 11.4. The Morgan fingerprint density at radius 2 is 1.82 bits per heavy atom. The second-order valence-electron chi connectivity index (χ2n) is 4.54. The quantitative estimate of drug-likeness (QED) is 0.558. The van der Waals surface area contributed by atoms with E-state index in [1.165, 1.54) is 31.2 Å². The second-order valence-corrected chi connectivity index (χ2v) is 4.54. The number of nitrogens with one attached hydrogen (secondary N) is 1. The molecule has 0 amide bonds. The number of nitro benzene ring substituents is 1. The Morgan fingerprint density at radius 3 is 2.27 bits per heavy atom. The van der Waals surface area contributed by atoms with Crippen LogP contribution in [-0.2, 0) is 9.59 Å². The standard InChI is InChI=1S/C13H11N3O6/c1-6-9(12(17)18)10(11(13(19)20)15-14-6)7-2-4-8(5-3-7)16(21)22/h2-5,10,14H,1H3,(H,17,18)(H,19,20). The molecule has 0 saturated heterocycles. The summed E-state index contributed by atoms with van der Waals surface area (Å²) in [6, 6.07) is 5.02. The Kier molecular flexibility index (Phi) is 3.89. The van der Waals surface area contributed by atoms with Crippen molar-refractivity contribution >= 4 is 23.3 Å². The Hall–Kier alpha value is -3.23. The van der Waals surface area contributed by atoms with Crippen LogP contribution in [0.4, 0.5) is 5.69 Å². The molecule has 1 aromatic carbocycles. The molecular formula is C13H11N3O6. The minimum Gasteiger partial charge on any atom is -0.478 e. The van der Waals surface area contributed by atoms with E-state index < -0.39 is 28.5 Å². The first-order valence-electron chi connectivity index (χ1n) is 6.08. The largest absolute Gasteiger partial charge is 0.478 e. The van der Waals surface area contributed by atoms with E-state index in [-0.39, 0.29) is 17.0 Å². The number of carboxylic acid groups (broad SMARTS) is 2. The third-order valence-corrected chi connectivity index (χ3v) is 3.20. The van der Waals surface area contributed by atoms with Crippen molar-refractivity contribution in [2.24, 2.45) is 5.10 Å². The second kappa shape index (κ2) is 5.64. The van der Waals surface area contributed by atoms with Gasteiger partial charge in [-0.05, 0) is 12.5 Å². The molecule has 0 aromatic heterocycles. The first kappa shape index (κ1) is 15.2. The molecule has 9 heteroatoms. The third kappa shape index (κ3) is 2.64. The summed E-state index contributed by atoms with van der Waals surface area (Å²) in [7, 11) is 0. The van der Waals surface area contributed by atoms with Gasteiger partial charge in [-0.2, -0.15) is 5.10 Å². The fraction of sp³-hybridized carbons (Fsp3) is 0.154. The zero-order chi connectivity index (χ0) is 16.4. The highest BCUT2D eigenvalue weighted by Crippen LogP contribution is 2.31. The first-order valence-corrected chi connectivity index (χ1v) is 6.08. The summed E-state index contributed by atoms with van der Waals surface area (Å²) in [6.45, 7) is 1.46. The number of aliphatic carboxylic acids is 2. The zero-order valence-corrected chi connectivity index (χ0v) is 11.3. The molecule has 0 spiro atoms. The molecule has 0 radical (unpaired) electrons. The fourth-order valence-electron chi connectivity index (χ4n) is 2.19. The van der Waals surface area contributed by atoms with E-state index in [0.717, 1.165) is 0 Å². The van der Waals surface area contributed by atoms with Crippen molar-refractivity contribution in [2.45, 2.75) is 12.8 Å². The van der Waals surface area contributed by atoms with Crippen LogP contribution < -0.4 is 5.43 Å². The van der Waals surface area contributed by atoms with Gasteiger partial charge in [-0.1, -0.05) is 12.1 Å². The van der Waals surface area contributed by atoms with E-state index in [2.05, 4.69) is 10.5 Å². The Labute approximate surface area is 123 Å². The monoisotopic (exact) mass is 305 g/mol. The lowest BCUT2D eigenvalue weighted by atomic mass is 9.85. The first-order chi connectivity index (χ1) is 10.3. The average molecular weight is 305 g/mol. The number of benzene rings is 1. The SMILES string of the molecule is CC1=C(C(=O)O)C(c2ccc([N+](=O)[O-])cc2)C(C(=O)O)=NN1. The normalized spacial score (nSPS) is 17.5. The smallest absolute Gasteiger partial charge is 0.353 e. The van der Waals surface area contributed by atoms with Crippen molar-refractivity contribution in [2.75, 3.05) is 0 Å². The van der Waals surface area contributed by atoms with Crippen LogP contribution in [0.25, 0.3) is 0 Å². The van der Waals surface area contributed by atoms with Gasteiger partial charge in [-0.3, -0.25) is 15.5 Å². The van der Waals surface area contributed by atoms with Gasteiger partial charge >= 0.3 is 11.9 Å². The Bertz CT molecular complexity index is 720. The summed E-state index contributed by atoms with van der Waals surface area (Å²) in [5.74, 6) is -3.78. The van der Waals surface area contributed by atoms with Gasteiger partial charge in [-0.25, -0.2) is 9.59 Å². The molecule has 1 aliphatic heterocycles. The number of hydrogen-bond donors (Lipinski definition) is 3. The van der Waals surface area contributed by atoms with Crippen LogP contribution in [0.5, 0.6) is 0 Å². The number of allylic oxidation sites excluding steroid dienone is 1. The van der Waals surface area contributed by atoms with Gasteiger partial charge < -0.3 is 10.2 Å². The van der Waals surface area contributed by atoms with Gasteiger partial charge in [0.2, 0.25) is 0 Å². The highest BCUT2D eigenvalue weighted by Gasteiger charge is 2.36. The highest BCUT2D eigenvalue weighted by molar-refractivity contribution is 6.39. The molecule has 1 atom stereocenters. The average Bonchev–Trinajstić information content (AvgIpc) is 2.46. The molecule has 2 rings (SSSR count). The van der Waals surface area contributed by atoms with E-state index in [4.69, 9.17) is 0 Å². The van der Waals surface area contributed by atoms with Crippen molar-refractivity contribution < 1.29 is 24.7 Å². The summed E-state index contributed by atoms with van der Waals surface area (Å²) >= 11 is 0. The molecule has 9 nitrogen and oxygen atoms in total. The fourth-order valence-corrected chi connectivity index (χ4v) is 2.19. The molecule has 0 fully saturated rings. The number of hydrogen-bond acceptors (Lipinski definition) is 6. The molecule has 0 aliphatic carbocycles. The Balaban J connectivity index is 2.56. The number of carbonyl (C=O) groups is 2. The van der Waals surface area contributed by atoms with E-state index >= 15 is 0 Å². The van der Waals surface area contributed by atoms with Gasteiger partial charge in [0.1, 0.15) is 0 Å². The predicted molar refractivity (Wildman–Crippen MR) is 74.4 cm³/mol. The maximum Gasteiger partial charge on any atom is 0.353 e. The number of hydrazone groups is 1. The number of non-ortho nitro benzene ring substituents is 1. The van der Waals surface area contributed by atoms with E-state index in [1.54, 1.807) is 0 Å². The number of carboxylic acids is 2. The van der Waals surface area contributed by atoms with Gasteiger partial charge in [0.05, 0.1) is 16.4 Å². The number of nitro groups is 1. The van der Waals surface area contributed by atoms with Crippen LogP contribution in [-0.4, -0.2) is 32.8 Å². The topological polar surface area (TPSA) is 142 Å². The number of nitrogens with zero attached hydrogens (tertiary/aromatic N) is 2. The minimum absolute atomic E-state index is 0.166. The lowest BCUT2D eigenvalue weighted by molar-refractivity contribution is -0.384. The lowest BCUT2D eigenvalue weighted by Gasteiger charge is -2.24. The molecule has 3 N–H and O–H groups in total. The molecule has 1 aliphatic rings. The van der Waals surface area contributed by atoms with Gasteiger partial charge in [0.15, 0.2) is 5.71 Å². The molecule has 1 unspecified atom stereocenters. The molecular weight excluding hydrogens is 294 g/mol. The predicted octanol–water partition coefficient (Wildman–Crippen LogP) is 1.08. The van der Waals surface area contributed by atoms with Crippen molar-refractivity contribution in [3.63, 3.8) is 0 Å². The van der Waals surface area contributed by atoms with Crippen molar-refractivity contribution in [3.8, 4) is 0 Å². The summed E-state index contributed by atoms with van der Waals surface area (Å²) in [6.07, 6.45) is 0. The van der Waals surface area contributed by atoms with Crippen LogP contribution in [0.2, 0.25) is 0 Å². The Morgan fingerprint density at radius 1 is 1.23 bits per heavy atom. The summed E-state index contributed by atoms with van der Waals surface area (Å²) < 4.78 is 0. The minimum atomic E-state index is -1.37. The van der Waals surface area contributed by atoms with Crippen LogP contribution in [0.3, 0.4) is 0 Å². The molecule has 22 heavy (non-hydrogen) atoms. The highest BCUT2D eigenvalue weighted by atomic mass is 16.6. The molecule has 1 aromatic rings. The van der Waals surface area contributed by atoms with Crippen LogP contribution in [0.15, 0.2) is 40.6 Å². The summed E-state index contributed by atoms with van der Waals surface area (Å²) in [5, 5.41) is 32.9. The lowest BCUT2D eigenvalue weighted by Crippen LogP contribution is -2.34. The van der Waals surface area contributed by atoms with Gasteiger partial charge in [-0.15, -0.1) is 0 Å². The van der Waals surface area contributed by atoms with Crippen LogP contribution >= 0.6 is 0 Å². The zero-order valence-electron chi connectivity index (χ0n) is 11.3. The van der Waals surface area contributed by atoms with Gasteiger partial charge in [0.25, 0.3) is 5.69 Å². The van der Waals surface area contributed by atoms with E-state index in [9.17, 15) is 29.9 Å². The van der Waals surface area contributed by atoms with Crippen LogP contribution in [0.1, 0.15) is 18.4 Å². The molecule has 114 valence electrons. The van der Waals surface area contributed by atoms with E-state index in [1.807, 2.05) is 0 Å². The van der Waals surface area contributed by atoms with Crippen LogP contribution in [0, 0.1) is 10.1 Å². The van der Waals surface area contributed by atoms with Crippen molar-refractivity contribution in [1.29, 1.82) is 0 Å². The maximum absolute atomic E-state index is 11.4. The van der Waals surface area contributed by atoms with Gasteiger partial charge in [0, 0.05) is 17.8 Å². The molecule has 1 heterocycles. The molecule has 0 saturated carbocycles. The summed E-state index contributed by atoms with van der Waals surface area (Å²) in [4.78, 5) is 32.8. The number of rotatable bonds is 4.